The Balaban J connectivity index is 1.61. The van der Waals surface area contributed by atoms with E-state index in [2.05, 4.69) is 22.8 Å². The van der Waals surface area contributed by atoms with Crippen molar-refractivity contribution in [1.29, 1.82) is 0 Å². The van der Waals surface area contributed by atoms with Crippen molar-refractivity contribution in [3.8, 4) is 0 Å². The lowest BCUT2D eigenvalue weighted by molar-refractivity contribution is 0.249. The normalized spacial score (nSPS) is 14.3. The summed E-state index contributed by atoms with van der Waals surface area (Å²) in [4.78, 5) is 12.1. The SMILES string of the molecule is C[C@@H](NC(=O)Nc1ccc2c(c1)CCC2)c1ccccc1. The summed E-state index contributed by atoms with van der Waals surface area (Å²) in [6.45, 7) is 1.98. The van der Waals surface area contributed by atoms with Gasteiger partial charge in [0.25, 0.3) is 0 Å². The van der Waals surface area contributed by atoms with Crippen molar-refractivity contribution in [2.45, 2.75) is 32.2 Å². The second-order valence-corrected chi connectivity index (χ2v) is 5.57. The Morgan fingerprint density at radius 3 is 2.62 bits per heavy atom. The van der Waals surface area contributed by atoms with Crippen LogP contribution in [0.4, 0.5) is 10.5 Å². The van der Waals surface area contributed by atoms with E-state index in [-0.39, 0.29) is 12.1 Å². The van der Waals surface area contributed by atoms with Crippen molar-refractivity contribution in [2.24, 2.45) is 0 Å². The highest BCUT2D eigenvalue weighted by atomic mass is 16.2. The van der Waals surface area contributed by atoms with Crippen molar-refractivity contribution < 1.29 is 4.79 Å². The molecule has 1 aliphatic carbocycles. The van der Waals surface area contributed by atoms with Crippen molar-refractivity contribution in [3.05, 3.63) is 65.2 Å². The standard InChI is InChI=1S/C18H20N2O/c1-13(14-6-3-2-4-7-14)19-18(21)20-17-11-10-15-8-5-9-16(15)12-17/h2-4,6-7,10-13H,5,8-9H2,1H3,(H2,19,20,21)/t13-/m1/s1. The van der Waals surface area contributed by atoms with Gasteiger partial charge in [-0.15, -0.1) is 0 Å². The molecule has 3 nitrogen and oxygen atoms in total. The molecule has 0 radical (unpaired) electrons. The number of aryl methyl sites for hydroxylation is 2. The zero-order chi connectivity index (χ0) is 14.7. The van der Waals surface area contributed by atoms with E-state index in [1.807, 2.05) is 43.3 Å². The average Bonchev–Trinajstić information content (AvgIpc) is 2.95. The van der Waals surface area contributed by atoms with Gasteiger partial charge in [0.1, 0.15) is 0 Å². The molecule has 21 heavy (non-hydrogen) atoms. The summed E-state index contributed by atoms with van der Waals surface area (Å²) in [5.74, 6) is 0. The van der Waals surface area contributed by atoms with Crippen LogP contribution in [-0.2, 0) is 12.8 Å². The Bertz CT molecular complexity index is 637. The Labute approximate surface area is 125 Å². The number of hydrogen-bond acceptors (Lipinski definition) is 1. The molecule has 2 N–H and O–H groups in total. The van der Waals surface area contributed by atoms with E-state index in [1.165, 1.54) is 17.5 Å². The van der Waals surface area contributed by atoms with Gasteiger partial charge < -0.3 is 10.6 Å². The first-order chi connectivity index (χ1) is 10.2. The molecule has 0 saturated heterocycles. The van der Waals surface area contributed by atoms with Gasteiger partial charge in [-0.1, -0.05) is 36.4 Å². The van der Waals surface area contributed by atoms with E-state index in [0.29, 0.717) is 0 Å². The summed E-state index contributed by atoms with van der Waals surface area (Å²) in [5.41, 5.74) is 4.75. The number of hydrogen-bond donors (Lipinski definition) is 2. The minimum Gasteiger partial charge on any atom is -0.331 e. The van der Waals surface area contributed by atoms with Crippen LogP contribution in [0.2, 0.25) is 0 Å². The Kier molecular flexibility index (Phi) is 3.91. The number of carbonyl (C=O) groups excluding carboxylic acids is 1. The number of rotatable bonds is 3. The van der Waals surface area contributed by atoms with Crippen LogP contribution in [0.1, 0.15) is 36.1 Å². The third kappa shape index (κ3) is 3.24. The molecule has 0 unspecified atom stereocenters. The van der Waals surface area contributed by atoms with Gasteiger partial charge in [0.2, 0.25) is 0 Å². The van der Waals surface area contributed by atoms with Crippen LogP contribution >= 0.6 is 0 Å². The number of nitrogens with one attached hydrogen (secondary N) is 2. The molecule has 2 amide bonds. The van der Waals surface area contributed by atoms with E-state index in [0.717, 1.165) is 24.1 Å². The molecule has 0 fully saturated rings. The molecule has 1 aliphatic rings. The van der Waals surface area contributed by atoms with Gasteiger partial charge in [-0.2, -0.15) is 0 Å². The zero-order valence-corrected chi connectivity index (χ0v) is 12.2. The molecule has 0 spiro atoms. The summed E-state index contributed by atoms with van der Waals surface area (Å²) in [5, 5.41) is 5.88. The fourth-order valence-electron chi connectivity index (χ4n) is 2.84. The van der Waals surface area contributed by atoms with Crippen LogP contribution in [0.5, 0.6) is 0 Å². The van der Waals surface area contributed by atoms with Gasteiger partial charge >= 0.3 is 6.03 Å². The van der Waals surface area contributed by atoms with Crippen LogP contribution in [-0.4, -0.2) is 6.03 Å². The van der Waals surface area contributed by atoms with E-state index < -0.39 is 0 Å². The third-order valence-electron chi connectivity index (χ3n) is 4.00. The lowest BCUT2D eigenvalue weighted by atomic mass is 10.1. The van der Waals surface area contributed by atoms with Crippen LogP contribution in [0.25, 0.3) is 0 Å². The monoisotopic (exact) mass is 280 g/mol. The van der Waals surface area contributed by atoms with Crippen LogP contribution in [0, 0.1) is 0 Å². The second-order valence-electron chi connectivity index (χ2n) is 5.57. The number of urea groups is 1. The van der Waals surface area contributed by atoms with Gasteiger partial charge in [0, 0.05) is 5.69 Å². The minimum atomic E-state index is -0.163. The summed E-state index contributed by atoms with van der Waals surface area (Å²) in [7, 11) is 0. The van der Waals surface area contributed by atoms with Crippen LogP contribution in [0.3, 0.4) is 0 Å². The highest BCUT2D eigenvalue weighted by molar-refractivity contribution is 5.89. The van der Waals surface area contributed by atoms with Crippen molar-refractivity contribution in [1.82, 2.24) is 5.32 Å². The highest BCUT2D eigenvalue weighted by Gasteiger charge is 2.13. The lowest BCUT2D eigenvalue weighted by Crippen LogP contribution is -2.31. The molecule has 0 bridgehead atoms. The summed E-state index contributed by atoms with van der Waals surface area (Å²) in [6.07, 6.45) is 3.50. The quantitative estimate of drug-likeness (QED) is 0.874. The van der Waals surface area contributed by atoms with Crippen LogP contribution in [0.15, 0.2) is 48.5 Å². The van der Waals surface area contributed by atoms with Crippen molar-refractivity contribution >= 4 is 11.7 Å². The number of carbonyl (C=O) groups is 1. The summed E-state index contributed by atoms with van der Waals surface area (Å²) >= 11 is 0. The minimum absolute atomic E-state index is 0.0133. The maximum atomic E-state index is 12.1. The summed E-state index contributed by atoms with van der Waals surface area (Å²) < 4.78 is 0. The van der Waals surface area contributed by atoms with E-state index >= 15 is 0 Å². The van der Waals surface area contributed by atoms with E-state index in [9.17, 15) is 4.79 Å². The summed E-state index contributed by atoms with van der Waals surface area (Å²) in [6, 6.07) is 16.0. The van der Waals surface area contributed by atoms with Gasteiger partial charge in [-0.05, 0) is 55.0 Å². The van der Waals surface area contributed by atoms with Gasteiger partial charge in [-0.3, -0.25) is 0 Å². The Morgan fingerprint density at radius 2 is 1.81 bits per heavy atom. The molecular weight excluding hydrogens is 260 g/mol. The molecule has 3 heteroatoms. The third-order valence-corrected chi connectivity index (χ3v) is 4.00. The molecule has 108 valence electrons. The molecule has 3 rings (SSSR count). The fraction of sp³-hybridized carbons (Fsp3) is 0.278. The highest BCUT2D eigenvalue weighted by Crippen LogP contribution is 2.24. The largest absolute Gasteiger partial charge is 0.331 e. The number of anilines is 1. The molecule has 2 aromatic rings. The molecule has 0 heterocycles. The Hall–Kier alpha value is -2.29. The molecule has 0 aromatic heterocycles. The molecule has 2 aromatic carbocycles. The number of fused-ring (bicyclic) bond motifs is 1. The van der Waals surface area contributed by atoms with Crippen molar-refractivity contribution in [2.75, 3.05) is 5.32 Å². The van der Waals surface area contributed by atoms with E-state index in [1.54, 1.807) is 0 Å². The fourth-order valence-corrected chi connectivity index (χ4v) is 2.84. The van der Waals surface area contributed by atoms with Crippen molar-refractivity contribution in [3.63, 3.8) is 0 Å². The smallest absolute Gasteiger partial charge is 0.319 e. The predicted molar refractivity (Wildman–Crippen MR) is 85.5 cm³/mol. The zero-order valence-electron chi connectivity index (χ0n) is 12.2. The average molecular weight is 280 g/mol. The first kappa shape index (κ1) is 13.7. The van der Waals surface area contributed by atoms with Gasteiger partial charge in [0.15, 0.2) is 0 Å². The first-order valence-corrected chi connectivity index (χ1v) is 7.46. The topological polar surface area (TPSA) is 41.1 Å². The number of benzene rings is 2. The van der Waals surface area contributed by atoms with Gasteiger partial charge in [0.05, 0.1) is 6.04 Å². The predicted octanol–water partition coefficient (Wildman–Crippen LogP) is 4.06. The molecule has 0 saturated carbocycles. The van der Waals surface area contributed by atoms with Gasteiger partial charge in [-0.25, -0.2) is 4.79 Å². The second kappa shape index (κ2) is 6.00. The maximum absolute atomic E-state index is 12.1. The molecule has 0 aliphatic heterocycles. The number of amides is 2. The molecular formula is C18H20N2O. The lowest BCUT2D eigenvalue weighted by Gasteiger charge is -2.15. The van der Waals surface area contributed by atoms with E-state index in [4.69, 9.17) is 0 Å². The maximum Gasteiger partial charge on any atom is 0.319 e. The van der Waals surface area contributed by atoms with Crippen LogP contribution < -0.4 is 10.6 Å². The molecule has 1 atom stereocenters. The first-order valence-electron chi connectivity index (χ1n) is 7.46. The Morgan fingerprint density at radius 1 is 1.05 bits per heavy atom.